The van der Waals surface area contributed by atoms with Crippen LogP contribution in [-0.4, -0.2) is 52.1 Å². The van der Waals surface area contributed by atoms with Gasteiger partial charge in [0.05, 0.1) is 23.0 Å². The van der Waals surface area contributed by atoms with E-state index in [0.717, 1.165) is 32.5 Å². The highest BCUT2D eigenvalue weighted by Gasteiger charge is 2.62. The van der Waals surface area contributed by atoms with Crippen LogP contribution in [0.5, 0.6) is 0 Å². The highest BCUT2D eigenvalue weighted by Crippen LogP contribution is 2.54. The lowest BCUT2D eigenvalue weighted by Crippen LogP contribution is -2.42. The summed E-state index contributed by atoms with van der Waals surface area (Å²) in [4.78, 5) is 26.0. The number of rotatable bonds is 5. The number of amides is 1. The Hall–Kier alpha value is -1.83. The molecular weight excluding hydrogens is 372 g/mol. The Kier molecular flexibility index (Phi) is 4.49. The highest BCUT2D eigenvalue weighted by atomic mass is 32.1. The number of likely N-dealkylation sites (tertiary alicyclic amines) is 1. The van der Waals surface area contributed by atoms with Crippen LogP contribution in [0.4, 0.5) is 0 Å². The maximum atomic E-state index is 12.6. The minimum absolute atomic E-state index is 0.00185. The van der Waals surface area contributed by atoms with Gasteiger partial charge in [-0.2, -0.15) is 0 Å². The van der Waals surface area contributed by atoms with Gasteiger partial charge in [0.1, 0.15) is 6.33 Å². The molecule has 5 rings (SSSR count). The zero-order valence-electron chi connectivity index (χ0n) is 16.4. The maximum Gasteiger partial charge on any atom is 0.254 e. The second-order valence-corrected chi connectivity index (χ2v) is 9.82. The Morgan fingerprint density at radius 1 is 1.43 bits per heavy atom. The summed E-state index contributed by atoms with van der Waals surface area (Å²) < 4.78 is 6.52. The number of fused-ring (bicyclic) bond motifs is 1. The summed E-state index contributed by atoms with van der Waals surface area (Å²) in [6, 6.07) is 4.44. The predicted octanol–water partition coefficient (Wildman–Crippen LogP) is 2.56. The van der Waals surface area contributed by atoms with Crippen molar-refractivity contribution in [3.63, 3.8) is 0 Å². The van der Waals surface area contributed by atoms with Crippen LogP contribution < -0.4 is 5.32 Å². The molecule has 3 saturated heterocycles. The van der Waals surface area contributed by atoms with Crippen molar-refractivity contribution >= 4 is 17.2 Å². The largest absolute Gasteiger partial charge is 0.370 e. The monoisotopic (exact) mass is 398 g/mol. The first-order valence-corrected chi connectivity index (χ1v) is 10.9. The Bertz CT molecular complexity index is 900. The molecule has 7 heteroatoms. The van der Waals surface area contributed by atoms with E-state index >= 15 is 0 Å². The number of ether oxygens (including phenoxy) is 1. The zero-order chi connectivity index (χ0) is 19.3. The molecule has 28 heavy (non-hydrogen) atoms. The van der Waals surface area contributed by atoms with Crippen molar-refractivity contribution in [2.75, 3.05) is 19.6 Å². The van der Waals surface area contributed by atoms with Gasteiger partial charge in [-0.05, 0) is 38.8 Å². The van der Waals surface area contributed by atoms with E-state index < -0.39 is 0 Å². The van der Waals surface area contributed by atoms with Gasteiger partial charge in [-0.1, -0.05) is 0 Å². The fourth-order valence-electron chi connectivity index (χ4n) is 5.39. The normalized spacial score (nSPS) is 31.3. The predicted molar refractivity (Wildman–Crippen MR) is 107 cm³/mol. The van der Waals surface area contributed by atoms with Gasteiger partial charge in [-0.25, -0.2) is 9.97 Å². The third-order valence-electron chi connectivity index (χ3n) is 6.68. The lowest BCUT2D eigenvalue weighted by molar-refractivity contribution is 0.00219. The van der Waals surface area contributed by atoms with Crippen molar-refractivity contribution in [1.29, 1.82) is 0 Å². The molecule has 0 aliphatic carbocycles. The minimum Gasteiger partial charge on any atom is -0.370 e. The molecule has 1 N–H and O–H groups in total. The van der Waals surface area contributed by atoms with Crippen molar-refractivity contribution in [3.8, 4) is 0 Å². The molecule has 3 aliphatic rings. The molecule has 2 aromatic heterocycles. The number of aryl methyl sites for hydroxylation is 2. The van der Waals surface area contributed by atoms with Crippen molar-refractivity contribution in [3.05, 3.63) is 45.7 Å². The molecule has 5 heterocycles. The van der Waals surface area contributed by atoms with E-state index in [-0.39, 0.29) is 17.6 Å². The molecule has 0 aromatic carbocycles. The number of nitrogens with one attached hydrogen (secondary N) is 1. The summed E-state index contributed by atoms with van der Waals surface area (Å²) in [6.07, 6.45) is 5.61. The smallest absolute Gasteiger partial charge is 0.254 e. The number of carbonyl (C=O) groups excluding carboxylic acids is 1. The quantitative estimate of drug-likeness (QED) is 0.838. The lowest BCUT2D eigenvalue weighted by atomic mass is 9.73. The Morgan fingerprint density at radius 3 is 3.11 bits per heavy atom. The van der Waals surface area contributed by atoms with E-state index in [1.54, 1.807) is 6.20 Å². The van der Waals surface area contributed by atoms with Gasteiger partial charge in [0.25, 0.3) is 5.91 Å². The zero-order valence-corrected chi connectivity index (χ0v) is 17.2. The van der Waals surface area contributed by atoms with Crippen LogP contribution in [0.15, 0.2) is 24.7 Å². The van der Waals surface area contributed by atoms with Crippen LogP contribution >= 0.6 is 11.3 Å². The van der Waals surface area contributed by atoms with Crippen LogP contribution in [0, 0.1) is 25.7 Å². The first kappa shape index (κ1) is 18.2. The summed E-state index contributed by atoms with van der Waals surface area (Å²) in [6.45, 7) is 7.74. The van der Waals surface area contributed by atoms with E-state index in [4.69, 9.17) is 4.74 Å². The number of carbonyl (C=O) groups is 1. The van der Waals surface area contributed by atoms with Gasteiger partial charge in [-0.15, -0.1) is 11.3 Å². The average molecular weight is 399 g/mol. The number of thiophene rings is 1. The van der Waals surface area contributed by atoms with Gasteiger partial charge in [0, 0.05) is 54.0 Å². The highest BCUT2D eigenvalue weighted by molar-refractivity contribution is 7.11. The summed E-state index contributed by atoms with van der Waals surface area (Å²) >= 11 is 1.88. The van der Waals surface area contributed by atoms with Crippen molar-refractivity contribution in [1.82, 2.24) is 20.2 Å². The third-order valence-corrected chi connectivity index (χ3v) is 7.67. The molecule has 3 aliphatic heterocycles. The second kappa shape index (κ2) is 6.90. The first-order valence-electron chi connectivity index (χ1n) is 10.0. The van der Waals surface area contributed by atoms with Crippen molar-refractivity contribution < 1.29 is 9.53 Å². The topological polar surface area (TPSA) is 67.4 Å². The van der Waals surface area contributed by atoms with E-state index in [9.17, 15) is 4.79 Å². The third kappa shape index (κ3) is 3.06. The van der Waals surface area contributed by atoms with E-state index in [1.807, 2.05) is 18.3 Å². The summed E-state index contributed by atoms with van der Waals surface area (Å²) in [5.41, 5.74) is 1.27. The van der Waals surface area contributed by atoms with Crippen molar-refractivity contribution in [2.24, 2.45) is 11.8 Å². The fourth-order valence-corrected chi connectivity index (χ4v) is 6.32. The van der Waals surface area contributed by atoms with Crippen LogP contribution in [0.3, 0.4) is 0 Å². The molecular formula is C21H26N4O2S. The summed E-state index contributed by atoms with van der Waals surface area (Å²) in [7, 11) is 0. The Morgan fingerprint density at radius 2 is 2.32 bits per heavy atom. The number of hydrogen-bond donors (Lipinski definition) is 1. The van der Waals surface area contributed by atoms with Crippen molar-refractivity contribution in [2.45, 2.75) is 44.9 Å². The molecule has 0 saturated carbocycles. The average Bonchev–Trinajstić information content (AvgIpc) is 3.41. The SMILES string of the molecule is Cc1ccc(CN2C[C@@H]3[C@H](CNC(=O)c4cncnc4C)[C@H]4CC[C@]3(C2)O4)s1. The van der Waals surface area contributed by atoms with Gasteiger partial charge < -0.3 is 10.1 Å². The molecule has 3 fully saturated rings. The van der Waals surface area contributed by atoms with Gasteiger partial charge in [0.15, 0.2) is 0 Å². The molecule has 148 valence electrons. The van der Waals surface area contributed by atoms with Crippen LogP contribution in [0.1, 0.15) is 38.6 Å². The van der Waals surface area contributed by atoms with Crippen LogP contribution in [-0.2, 0) is 11.3 Å². The molecule has 1 amide bonds. The molecule has 1 spiro atoms. The second-order valence-electron chi connectivity index (χ2n) is 8.44. The molecule has 2 aromatic rings. The fraction of sp³-hybridized carbons (Fsp3) is 0.571. The van der Waals surface area contributed by atoms with Crippen LogP contribution in [0.2, 0.25) is 0 Å². The lowest BCUT2D eigenvalue weighted by Gasteiger charge is -2.29. The maximum absolute atomic E-state index is 12.6. The number of hydrogen-bond acceptors (Lipinski definition) is 6. The first-order chi connectivity index (χ1) is 13.5. The van der Waals surface area contributed by atoms with Gasteiger partial charge in [0.2, 0.25) is 0 Å². The molecule has 0 radical (unpaired) electrons. The van der Waals surface area contributed by atoms with Gasteiger partial charge >= 0.3 is 0 Å². The van der Waals surface area contributed by atoms with E-state index in [0.29, 0.717) is 29.6 Å². The molecule has 6 nitrogen and oxygen atoms in total. The Labute approximate surface area is 169 Å². The van der Waals surface area contributed by atoms with E-state index in [1.165, 1.54) is 16.1 Å². The van der Waals surface area contributed by atoms with Crippen LogP contribution in [0.25, 0.3) is 0 Å². The molecule has 2 bridgehead atoms. The number of nitrogens with zero attached hydrogens (tertiary/aromatic N) is 3. The minimum atomic E-state index is -0.0844. The summed E-state index contributed by atoms with van der Waals surface area (Å²) in [5, 5.41) is 3.13. The summed E-state index contributed by atoms with van der Waals surface area (Å²) in [5.74, 6) is 0.803. The standard InChI is InChI=1S/C21H26N4O2S/c1-13-3-4-15(28-13)9-25-10-18-17(19-5-6-21(18,11-25)27-19)8-23-20(26)16-7-22-12-24-14(16)2/h3-4,7,12,17-19H,5-6,8-11H2,1-2H3,(H,23,26)/t17-,18+,19+,21+/m0/s1. The van der Waals surface area contributed by atoms with E-state index in [2.05, 4.69) is 39.2 Å². The Balaban J connectivity index is 1.25. The molecule has 0 unspecified atom stereocenters. The molecule has 4 atom stereocenters. The number of aromatic nitrogens is 2. The van der Waals surface area contributed by atoms with Gasteiger partial charge in [-0.3, -0.25) is 9.69 Å².